The van der Waals surface area contributed by atoms with E-state index >= 15 is 0 Å². The molecule has 0 amide bonds. The van der Waals surface area contributed by atoms with Crippen molar-refractivity contribution >= 4 is 21.0 Å². The highest BCUT2D eigenvalue weighted by atomic mass is 32.2. The Morgan fingerprint density at radius 1 is 0.744 bits per heavy atom. The lowest BCUT2D eigenvalue weighted by atomic mass is 9.87. The summed E-state index contributed by atoms with van der Waals surface area (Å²) in [5.41, 5.74) is 2.03. The van der Waals surface area contributed by atoms with Gasteiger partial charge in [0.2, 0.25) is 0 Å². The summed E-state index contributed by atoms with van der Waals surface area (Å²) in [7, 11) is -3.03. The van der Waals surface area contributed by atoms with Crippen LogP contribution < -0.4 is 4.74 Å². The quantitative estimate of drug-likeness (QED) is 0.161. The zero-order chi connectivity index (χ0) is 29.2. The molecule has 1 N–H and O–H groups in total. The molecule has 2 atom stereocenters. The average Bonchev–Trinajstić information content (AvgIpc) is 2.89. The number of halogens is 2. The molecule has 0 fully saturated rings. The molecule has 3 aromatic rings. The van der Waals surface area contributed by atoms with Gasteiger partial charge in [-0.1, -0.05) is 32.9 Å². The van der Waals surface area contributed by atoms with Gasteiger partial charge in [-0.3, -0.25) is 4.55 Å². The van der Waals surface area contributed by atoms with E-state index in [0.29, 0.717) is 0 Å². The Morgan fingerprint density at radius 2 is 1.13 bits per heavy atom. The number of benzene rings is 3. The van der Waals surface area contributed by atoms with Gasteiger partial charge in [0.15, 0.2) is 26.6 Å². The highest BCUT2D eigenvalue weighted by molar-refractivity contribution is 7.97. The first kappa shape index (κ1) is 31.0. The monoisotopic (exact) mass is 581 g/mol. The van der Waals surface area contributed by atoms with E-state index in [1.54, 1.807) is 26.4 Å². The lowest BCUT2D eigenvalue weighted by Gasteiger charge is -2.26. The molecule has 0 heterocycles. The van der Waals surface area contributed by atoms with E-state index < -0.39 is 38.2 Å². The first-order valence-electron chi connectivity index (χ1n) is 12.2. The van der Waals surface area contributed by atoms with Gasteiger partial charge in [0.1, 0.15) is 5.75 Å². The van der Waals surface area contributed by atoms with Crippen molar-refractivity contribution in [3.63, 3.8) is 0 Å². The Morgan fingerprint density at radius 3 is 1.49 bits per heavy atom. The normalized spacial score (nSPS) is 14.6. The van der Waals surface area contributed by atoms with Crippen LogP contribution in [0.25, 0.3) is 0 Å². The minimum absolute atomic E-state index is 0.0106. The van der Waals surface area contributed by atoms with Gasteiger partial charge >= 0.3 is 15.4 Å². The first-order valence-corrected chi connectivity index (χ1v) is 14.9. The third-order valence-electron chi connectivity index (χ3n) is 6.54. The van der Waals surface area contributed by atoms with E-state index in [9.17, 15) is 17.2 Å². The first-order chi connectivity index (χ1) is 18.0. The van der Waals surface area contributed by atoms with Crippen molar-refractivity contribution in [2.24, 2.45) is 0 Å². The molecule has 0 aliphatic carbocycles. The van der Waals surface area contributed by atoms with Crippen molar-refractivity contribution in [1.82, 2.24) is 0 Å². The molecule has 0 spiro atoms. The molecule has 0 bridgehead atoms. The molecule has 6 nitrogen and oxygen atoms in total. The second-order valence-corrected chi connectivity index (χ2v) is 13.7. The van der Waals surface area contributed by atoms with Gasteiger partial charge in [-0.25, -0.2) is 0 Å². The standard InChI is InChI=1S/C29H34F2O6S2/c1-20(29(30,31)39(32,33)34)37-23-12-18-26(19-13-23)38(24-14-8-21(9-15-24)27(2,3)4)25-16-10-22(11-17-25)28(5,35-6)36-7/h8-20H,1-7H3/p+1. The second kappa shape index (κ2) is 11.5. The molecule has 0 saturated carbocycles. The highest BCUT2D eigenvalue weighted by Crippen LogP contribution is 2.36. The van der Waals surface area contributed by atoms with Gasteiger partial charge in [-0.2, -0.15) is 17.2 Å². The van der Waals surface area contributed by atoms with Crippen LogP contribution in [0.3, 0.4) is 0 Å². The van der Waals surface area contributed by atoms with Crippen LogP contribution in [0.5, 0.6) is 5.75 Å². The maximum absolute atomic E-state index is 14.0. The van der Waals surface area contributed by atoms with Crippen LogP contribution in [0.4, 0.5) is 8.78 Å². The molecule has 0 radical (unpaired) electrons. The molecular weight excluding hydrogens is 546 g/mol. The predicted molar refractivity (Wildman–Crippen MR) is 148 cm³/mol. The van der Waals surface area contributed by atoms with Crippen LogP contribution in [0, 0.1) is 0 Å². The summed E-state index contributed by atoms with van der Waals surface area (Å²) in [4.78, 5) is 2.96. The molecule has 0 aromatic heterocycles. The van der Waals surface area contributed by atoms with E-state index in [2.05, 4.69) is 45.0 Å². The molecule has 0 aliphatic heterocycles. The van der Waals surface area contributed by atoms with Gasteiger partial charge in [0.05, 0.1) is 10.9 Å². The summed E-state index contributed by atoms with van der Waals surface area (Å²) in [6.45, 7) is 9.16. The van der Waals surface area contributed by atoms with Crippen molar-refractivity contribution in [1.29, 1.82) is 0 Å². The maximum Gasteiger partial charge on any atom is 0.405 e. The number of ether oxygens (including phenoxy) is 3. The molecule has 3 rings (SSSR count). The molecule has 39 heavy (non-hydrogen) atoms. The molecule has 212 valence electrons. The topological polar surface area (TPSA) is 82.1 Å². The molecule has 2 unspecified atom stereocenters. The van der Waals surface area contributed by atoms with Crippen molar-refractivity contribution in [2.45, 2.75) is 71.9 Å². The minimum atomic E-state index is -5.62. The summed E-state index contributed by atoms with van der Waals surface area (Å²) in [6, 6.07) is 22.8. The van der Waals surface area contributed by atoms with E-state index in [1.165, 1.54) is 17.7 Å². The fourth-order valence-corrected chi connectivity index (χ4v) is 6.36. The maximum atomic E-state index is 14.0. The zero-order valence-corrected chi connectivity index (χ0v) is 24.7. The lowest BCUT2D eigenvalue weighted by Crippen LogP contribution is -2.42. The van der Waals surface area contributed by atoms with Crippen molar-refractivity contribution < 1.29 is 36.0 Å². The Kier molecular flexibility index (Phi) is 9.19. The largest absolute Gasteiger partial charge is 0.483 e. The summed E-state index contributed by atoms with van der Waals surface area (Å²) >= 11 is 0. The highest BCUT2D eigenvalue weighted by Gasteiger charge is 2.51. The van der Waals surface area contributed by atoms with E-state index in [1.807, 2.05) is 31.2 Å². The van der Waals surface area contributed by atoms with Crippen molar-refractivity contribution in [2.75, 3.05) is 14.2 Å². The van der Waals surface area contributed by atoms with E-state index in [4.69, 9.17) is 18.8 Å². The Hall–Kier alpha value is -2.50. The number of methoxy groups -OCH3 is 2. The Labute approximate surface area is 232 Å². The van der Waals surface area contributed by atoms with Crippen molar-refractivity contribution in [3.8, 4) is 5.75 Å². The molecular formula is C29H35F2O6S2+. The summed E-state index contributed by atoms with van der Waals surface area (Å²) in [5, 5.41) is -4.45. The van der Waals surface area contributed by atoms with Crippen LogP contribution in [0.15, 0.2) is 87.5 Å². The summed E-state index contributed by atoms with van der Waals surface area (Å²) in [6.07, 6.45) is -2.09. The van der Waals surface area contributed by atoms with Gasteiger partial charge in [-0.05, 0) is 85.5 Å². The zero-order valence-electron chi connectivity index (χ0n) is 23.1. The van der Waals surface area contributed by atoms with Gasteiger partial charge in [0.25, 0.3) is 0 Å². The fraction of sp³-hybridized carbons (Fsp3) is 0.379. The van der Waals surface area contributed by atoms with E-state index in [0.717, 1.165) is 27.2 Å². The van der Waals surface area contributed by atoms with Gasteiger partial charge in [-0.15, -0.1) is 0 Å². The number of rotatable bonds is 10. The fourth-order valence-electron chi connectivity index (χ4n) is 3.85. The molecule has 0 aliphatic rings. The number of hydrogen-bond acceptors (Lipinski definition) is 5. The van der Waals surface area contributed by atoms with E-state index in [-0.39, 0.29) is 11.2 Å². The SMILES string of the molecule is COC(C)(OC)c1ccc([S+](c2ccc(OC(C)C(F)(F)S(=O)(=O)O)cc2)c2ccc(C(C)(C)C)cc2)cc1. The number of hydrogen-bond donors (Lipinski definition) is 1. The van der Waals surface area contributed by atoms with Gasteiger partial charge < -0.3 is 14.2 Å². The Bertz CT molecular complexity index is 1350. The Balaban J connectivity index is 2.01. The smallest absolute Gasteiger partial charge is 0.405 e. The average molecular weight is 582 g/mol. The van der Waals surface area contributed by atoms with Crippen LogP contribution in [-0.2, 0) is 41.7 Å². The second-order valence-electron chi connectivity index (χ2n) is 10.2. The van der Waals surface area contributed by atoms with Gasteiger partial charge in [0, 0.05) is 19.8 Å². The minimum Gasteiger partial charge on any atom is -0.483 e. The molecule has 0 saturated heterocycles. The van der Waals surface area contributed by atoms with Crippen LogP contribution in [0.1, 0.15) is 45.7 Å². The van der Waals surface area contributed by atoms with Crippen LogP contribution in [-0.4, -0.2) is 38.5 Å². The molecule has 10 heteroatoms. The lowest BCUT2D eigenvalue weighted by molar-refractivity contribution is -0.201. The van der Waals surface area contributed by atoms with Crippen molar-refractivity contribution in [3.05, 3.63) is 83.9 Å². The third-order valence-corrected chi connectivity index (χ3v) is 9.79. The number of alkyl halides is 2. The summed E-state index contributed by atoms with van der Waals surface area (Å²) < 4.78 is 75.2. The van der Waals surface area contributed by atoms with Crippen LogP contribution >= 0.6 is 0 Å². The molecule has 3 aromatic carbocycles. The summed E-state index contributed by atoms with van der Waals surface area (Å²) in [5.74, 6) is -0.849. The van der Waals surface area contributed by atoms with Crippen LogP contribution in [0.2, 0.25) is 0 Å². The predicted octanol–water partition coefficient (Wildman–Crippen LogP) is 6.79. The third kappa shape index (κ3) is 6.81.